The second kappa shape index (κ2) is 9.55. The molecule has 0 spiro atoms. The molecule has 2 aromatic heterocycles. The van der Waals surface area contributed by atoms with Crippen LogP contribution in [0.15, 0.2) is 76.4 Å². The fourth-order valence-corrected chi connectivity index (χ4v) is 4.16. The Morgan fingerprint density at radius 1 is 0.944 bits per heavy atom. The zero-order valence-corrected chi connectivity index (χ0v) is 19.2. The van der Waals surface area contributed by atoms with Crippen LogP contribution in [0.3, 0.4) is 0 Å². The molecule has 2 aliphatic rings. The molecule has 2 N–H and O–H groups in total. The summed E-state index contributed by atoms with van der Waals surface area (Å²) in [5.74, 6) is 0.487. The van der Waals surface area contributed by atoms with Crippen molar-refractivity contribution in [3.8, 4) is 11.6 Å². The molecule has 0 bridgehead atoms. The first-order chi connectivity index (χ1) is 17.8. The minimum Gasteiger partial charge on any atom is -0.401 e. The third kappa shape index (κ3) is 4.27. The molecule has 0 aliphatic carbocycles. The molecular formula is C25H22N8O3. The Kier molecular flexibility index (Phi) is 5.80. The monoisotopic (exact) mass is 482 g/mol. The molecule has 0 saturated carbocycles. The summed E-state index contributed by atoms with van der Waals surface area (Å²) in [6.07, 6.45) is 2.20. The molecule has 1 saturated heterocycles. The highest BCUT2D eigenvalue weighted by Gasteiger charge is 2.28. The number of carbonyl (C=O) groups is 1. The SMILES string of the molecule is O=C1Nc2ccccc2C(c2ccccc2)=N[C@@H]1Nc1nnc(-c2nccnc2N2CCOCC2)o1. The number of benzodiazepines with no additional fused rings is 1. The van der Waals surface area contributed by atoms with Crippen LogP contribution in [0.5, 0.6) is 0 Å². The van der Waals surface area contributed by atoms with E-state index < -0.39 is 6.17 Å². The normalized spacial score (nSPS) is 17.6. The highest BCUT2D eigenvalue weighted by atomic mass is 16.5. The van der Waals surface area contributed by atoms with Gasteiger partial charge in [-0.25, -0.2) is 15.0 Å². The number of morpholine rings is 1. The van der Waals surface area contributed by atoms with E-state index in [9.17, 15) is 4.79 Å². The average Bonchev–Trinajstić information content (AvgIpc) is 3.35. The van der Waals surface area contributed by atoms with Crippen LogP contribution in [0.1, 0.15) is 11.1 Å². The van der Waals surface area contributed by atoms with E-state index in [0.717, 1.165) is 11.1 Å². The summed E-state index contributed by atoms with van der Waals surface area (Å²) >= 11 is 0. The standard InChI is InChI=1S/C25H22N8O3/c34-23-21(29-19(16-6-2-1-3-7-16)17-8-4-5-9-18(17)28-23)30-25-32-31-24(36-25)20-22(27-11-10-26-20)33-12-14-35-15-13-33/h1-11,21H,12-15H2,(H,28,34)(H,30,32)/t21-/m1/s1. The zero-order valence-electron chi connectivity index (χ0n) is 19.2. The number of benzene rings is 2. The number of anilines is 3. The first kappa shape index (κ1) is 21.9. The lowest BCUT2D eigenvalue weighted by atomic mass is 10.0. The number of aromatic nitrogens is 4. The topological polar surface area (TPSA) is 131 Å². The van der Waals surface area contributed by atoms with E-state index in [-0.39, 0.29) is 17.8 Å². The number of ether oxygens (including phenoxy) is 1. The maximum absolute atomic E-state index is 13.1. The number of amides is 1. The fraction of sp³-hybridized carbons (Fsp3) is 0.200. The van der Waals surface area contributed by atoms with Crippen LogP contribution in [-0.2, 0) is 9.53 Å². The van der Waals surface area contributed by atoms with Crippen molar-refractivity contribution in [1.82, 2.24) is 20.2 Å². The summed E-state index contributed by atoms with van der Waals surface area (Å²) in [6, 6.07) is 17.3. The van der Waals surface area contributed by atoms with Gasteiger partial charge in [0.15, 0.2) is 11.5 Å². The lowest BCUT2D eigenvalue weighted by Crippen LogP contribution is -2.37. The van der Waals surface area contributed by atoms with E-state index in [1.807, 2.05) is 54.6 Å². The predicted molar refractivity (Wildman–Crippen MR) is 133 cm³/mol. The van der Waals surface area contributed by atoms with Crippen molar-refractivity contribution in [3.05, 3.63) is 78.1 Å². The number of fused-ring (bicyclic) bond motifs is 1. The highest BCUT2D eigenvalue weighted by molar-refractivity contribution is 6.19. The molecule has 1 fully saturated rings. The smallest absolute Gasteiger partial charge is 0.317 e. The van der Waals surface area contributed by atoms with E-state index in [2.05, 4.69) is 35.7 Å². The summed E-state index contributed by atoms with van der Waals surface area (Å²) in [4.78, 5) is 28.8. The van der Waals surface area contributed by atoms with Gasteiger partial charge in [0, 0.05) is 36.6 Å². The Bertz CT molecular complexity index is 1420. The molecule has 1 atom stereocenters. The van der Waals surface area contributed by atoms with Crippen LogP contribution in [0.2, 0.25) is 0 Å². The second-order valence-corrected chi connectivity index (χ2v) is 8.17. The number of rotatable bonds is 5. The summed E-state index contributed by atoms with van der Waals surface area (Å²) < 4.78 is 11.3. The molecule has 6 rings (SSSR count). The number of carbonyl (C=O) groups excluding carboxylic acids is 1. The van der Waals surface area contributed by atoms with Gasteiger partial charge in [-0.2, -0.15) is 0 Å². The largest absolute Gasteiger partial charge is 0.401 e. The highest BCUT2D eigenvalue weighted by Crippen LogP contribution is 2.28. The van der Waals surface area contributed by atoms with E-state index in [1.54, 1.807) is 12.4 Å². The van der Waals surface area contributed by atoms with E-state index >= 15 is 0 Å². The third-order valence-electron chi connectivity index (χ3n) is 5.87. The van der Waals surface area contributed by atoms with Gasteiger partial charge >= 0.3 is 6.01 Å². The first-order valence-corrected chi connectivity index (χ1v) is 11.5. The molecule has 4 heterocycles. The van der Waals surface area contributed by atoms with Gasteiger partial charge in [0.25, 0.3) is 11.8 Å². The molecule has 2 aromatic carbocycles. The number of hydrogen-bond acceptors (Lipinski definition) is 10. The summed E-state index contributed by atoms with van der Waals surface area (Å²) in [5, 5.41) is 14.2. The van der Waals surface area contributed by atoms with Gasteiger partial charge in [0.2, 0.25) is 6.17 Å². The van der Waals surface area contributed by atoms with Gasteiger partial charge < -0.3 is 24.7 Å². The minimum atomic E-state index is -0.999. The van der Waals surface area contributed by atoms with Gasteiger partial charge in [-0.3, -0.25) is 4.79 Å². The summed E-state index contributed by atoms with van der Waals surface area (Å²) in [6.45, 7) is 2.58. The van der Waals surface area contributed by atoms with Crippen molar-refractivity contribution in [1.29, 1.82) is 0 Å². The maximum Gasteiger partial charge on any atom is 0.317 e. The number of nitrogens with zero attached hydrogens (tertiary/aromatic N) is 6. The van der Waals surface area contributed by atoms with Crippen LogP contribution in [-0.4, -0.2) is 64.3 Å². The quantitative estimate of drug-likeness (QED) is 0.441. The number of para-hydroxylation sites is 1. The third-order valence-corrected chi connectivity index (χ3v) is 5.87. The van der Waals surface area contributed by atoms with Crippen LogP contribution in [0, 0.1) is 0 Å². The molecule has 4 aromatic rings. The Morgan fingerprint density at radius 2 is 1.72 bits per heavy atom. The molecule has 0 radical (unpaired) electrons. The number of aliphatic imine (C=N–C) groups is 1. The van der Waals surface area contributed by atoms with Gasteiger partial charge in [0.05, 0.1) is 24.6 Å². The molecule has 36 heavy (non-hydrogen) atoms. The van der Waals surface area contributed by atoms with Crippen LogP contribution < -0.4 is 15.5 Å². The Morgan fingerprint density at radius 3 is 2.58 bits per heavy atom. The summed E-state index contributed by atoms with van der Waals surface area (Å²) in [5.41, 5.74) is 3.52. The number of hydrogen-bond donors (Lipinski definition) is 2. The van der Waals surface area contributed by atoms with Crippen LogP contribution >= 0.6 is 0 Å². The first-order valence-electron chi connectivity index (χ1n) is 11.5. The lowest BCUT2D eigenvalue weighted by molar-refractivity contribution is -0.116. The van der Waals surface area contributed by atoms with Crippen LogP contribution in [0.25, 0.3) is 11.6 Å². The minimum absolute atomic E-state index is 0.0471. The van der Waals surface area contributed by atoms with Crippen molar-refractivity contribution in [3.63, 3.8) is 0 Å². The molecule has 0 unspecified atom stereocenters. The van der Waals surface area contributed by atoms with Crippen molar-refractivity contribution in [2.45, 2.75) is 6.17 Å². The molecular weight excluding hydrogens is 460 g/mol. The number of nitrogens with one attached hydrogen (secondary N) is 2. The van der Waals surface area contributed by atoms with Crippen molar-refractivity contribution >= 4 is 29.1 Å². The van der Waals surface area contributed by atoms with Gasteiger partial charge in [-0.1, -0.05) is 53.6 Å². The lowest BCUT2D eigenvalue weighted by Gasteiger charge is -2.28. The Hall–Kier alpha value is -4.64. The summed E-state index contributed by atoms with van der Waals surface area (Å²) in [7, 11) is 0. The van der Waals surface area contributed by atoms with Gasteiger partial charge in [-0.15, -0.1) is 5.10 Å². The predicted octanol–water partition coefficient (Wildman–Crippen LogP) is 2.59. The molecule has 180 valence electrons. The molecule has 11 heteroatoms. The molecule has 11 nitrogen and oxygen atoms in total. The average molecular weight is 483 g/mol. The van der Waals surface area contributed by atoms with Crippen molar-refractivity contribution < 1.29 is 13.9 Å². The van der Waals surface area contributed by atoms with Crippen LogP contribution in [0.4, 0.5) is 17.5 Å². The van der Waals surface area contributed by atoms with E-state index in [1.165, 1.54) is 0 Å². The van der Waals surface area contributed by atoms with Gasteiger partial charge in [0.1, 0.15) is 0 Å². The van der Waals surface area contributed by atoms with Gasteiger partial charge in [-0.05, 0) is 6.07 Å². The van der Waals surface area contributed by atoms with E-state index in [4.69, 9.17) is 14.1 Å². The second-order valence-electron chi connectivity index (χ2n) is 8.17. The molecule has 1 amide bonds. The maximum atomic E-state index is 13.1. The fourth-order valence-electron chi connectivity index (χ4n) is 4.16. The Balaban J connectivity index is 1.32. The zero-order chi connectivity index (χ0) is 24.3. The van der Waals surface area contributed by atoms with Crippen molar-refractivity contribution in [2.24, 2.45) is 4.99 Å². The molecule has 2 aliphatic heterocycles. The van der Waals surface area contributed by atoms with Crippen molar-refractivity contribution in [2.75, 3.05) is 41.8 Å². The Labute approximate surface area is 206 Å². The van der Waals surface area contributed by atoms with E-state index in [0.29, 0.717) is 49.2 Å².